The van der Waals surface area contributed by atoms with Gasteiger partial charge >= 0.3 is 0 Å². The molecule has 0 N–H and O–H groups in total. The maximum atomic E-state index is 13.5. The van der Waals surface area contributed by atoms with Crippen LogP contribution in [0.1, 0.15) is 53.0 Å². The molecule has 5 rings (SSSR count). The number of hydrogen-bond donors (Lipinski definition) is 0. The highest BCUT2D eigenvalue weighted by molar-refractivity contribution is 5.94. The number of aromatic nitrogens is 2. The van der Waals surface area contributed by atoms with Gasteiger partial charge in [0.15, 0.2) is 5.78 Å². The molecule has 3 aromatic carbocycles. The van der Waals surface area contributed by atoms with Crippen LogP contribution < -0.4 is 0 Å². The van der Waals surface area contributed by atoms with Crippen molar-refractivity contribution in [1.82, 2.24) is 9.78 Å². The summed E-state index contributed by atoms with van der Waals surface area (Å²) in [6.07, 6.45) is 3.83. The summed E-state index contributed by atoms with van der Waals surface area (Å²) in [5, 5.41) is 7.20. The molecule has 1 atom stereocenters. The molecular formula is C26H23FN2O. The number of halogens is 1. The molecule has 0 radical (unpaired) electrons. The monoisotopic (exact) mass is 398 g/mol. The molecule has 1 heterocycles. The molecule has 0 aliphatic heterocycles. The Morgan fingerprint density at radius 3 is 2.63 bits per heavy atom. The number of hydrogen-bond acceptors (Lipinski definition) is 2. The van der Waals surface area contributed by atoms with Gasteiger partial charge in [-0.3, -0.25) is 4.79 Å². The van der Waals surface area contributed by atoms with Gasteiger partial charge in [0.25, 0.3) is 0 Å². The normalized spacial score (nSPS) is 15.9. The van der Waals surface area contributed by atoms with E-state index in [4.69, 9.17) is 5.10 Å². The Bertz CT molecular complexity index is 1230. The average Bonchev–Trinajstić information content (AvgIpc) is 3.16. The van der Waals surface area contributed by atoms with E-state index in [9.17, 15) is 9.18 Å². The summed E-state index contributed by atoms with van der Waals surface area (Å²) in [6.45, 7) is 1.58. The lowest BCUT2D eigenvalue weighted by Crippen LogP contribution is -2.16. The quantitative estimate of drug-likeness (QED) is 0.393. The van der Waals surface area contributed by atoms with Gasteiger partial charge in [-0.15, -0.1) is 0 Å². The number of rotatable bonds is 4. The van der Waals surface area contributed by atoms with Crippen LogP contribution in [0.2, 0.25) is 0 Å². The van der Waals surface area contributed by atoms with Gasteiger partial charge in [0.2, 0.25) is 0 Å². The van der Waals surface area contributed by atoms with Gasteiger partial charge in [-0.05, 0) is 66.3 Å². The van der Waals surface area contributed by atoms with Crippen molar-refractivity contribution in [2.24, 2.45) is 0 Å². The Hall–Kier alpha value is -3.27. The zero-order chi connectivity index (χ0) is 20.7. The maximum Gasteiger partial charge on any atom is 0.180 e. The Balaban J connectivity index is 1.63. The zero-order valence-electron chi connectivity index (χ0n) is 16.9. The number of ketones is 1. The summed E-state index contributed by atoms with van der Waals surface area (Å²) in [4.78, 5) is 12.3. The van der Waals surface area contributed by atoms with Crippen LogP contribution in [0.15, 0.2) is 66.7 Å². The first kappa shape index (κ1) is 18.7. The predicted molar refractivity (Wildman–Crippen MR) is 117 cm³/mol. The number of carbonyl (C=O) groups excluding carboxylic acids is 1. The number of carbonyl (C=O) groups is 1. The van der Waals surface area contributed by atoms with E-state index >= 15 is 0 Å². The van der Waals surface area contributed by atoms with E-state index in [1.165, 1.54) is 28.5 Å². The molecule has 4 aromatic rings. The van der Waals surface area contributed by atoms with Crippen LogP contribution in [0, 0.1) is 5.82 Å². The molecule has 30 heavy (non-hydrogen) atoms. The summed E-state index contributed by atoms with van der Waals surface area (Å²) < 4.78 is 15.4. The van der Waals surface area contributed by atoms with Crippen molar-refractivity contribution in [2.75, 3.05) is 0 Å². The van der Waals surface area contributed by atoms with Gasteiger partial charge in [0.05, 0.1) is 11.4 Å². The predicted octanol–water partition coefficient (Wildman–Crippen LogP) is 6.03. The summed E-state index contributed by atoms with van der Waals surface area (Å²) in [7, 11) is 0. The van der Waals surface area contributed by atoms with Crippen molar-refractivity contribution in [3.8, 4) is 5.69 Å². The fourth-order valence-corrected chi connectivity index (χ4v) is 4.79. The smallest absolute Gasteiger partial charge is 0.180 e. The molecular weight excluding hydrogens is 375 g/mol. The van der Waals surface area contributed by atoms with Crippen LogP contribution in [-0.2, 0) is 12.8 Å². The maximum absolute atomic E-state index is 13.5. The third kappa shape index (κ3) is 3.22. The van der Waals surface area contributed by atoms with Crippen LogP contribution in [0.3, 0.4) is 0 Å². The molecule has 1 unspecified atom stereocenters. The van der Waals surface area contributed by atoms with Gasteiger partial charge in [0, 0.05) is 18.4 Å². The topological polar surface area (TPSA) is 34.9 Å². The highest BCUT2D eigenvalue weighted by Gasteiger charge is 2.30. The molecule has 0 spiro atoms. The lowest BCUT2D eigenvalue weighted by atomic mass is 9.81. The molecule has 1 aliphatic rings. The second-order valence-electron chi connectivity index (χ2n) is 8.09. The van der Waals surface area contributed by atoms with E-state index in [0.717, 1.165) is 42.6 Å². The Morgan fingerprint density at radius 1 is 1.07 bits per heavy atom. The molecule has 0 bridgehead atoms. The number of benzene rings is 3. The summed E-state index contributed by atoms with van der Waals surface area (Å²) >= 11 is 0. The molecule has 1 aliphatic carbocycles. The van der Waals surface area contributed by atoms with Gasteiger partial charge in [-0.1, -0.05) is 42.5 Å². The van der Waals surface area contributed by atoms with Crippen molar-refractivity contribution in [3.63, 3.8) is 0 Å². The minimum Gasteiger partial charge on any atom is -0.293 e. The van der Waals surface area contributed by atoms with E-state index in [1.807, 2.05) is 4.68 Å². The first-order valence-corrected chi connectivity index (χ1v) is 10.5. The molecule has 0 amide bonds. The van der Waals surface area contributed by atoms with E-state index in [0.29, 0.717) is 5.69 Å². The van der Waals surface area contributed by atoms with Crippen LogP contribution in [0.25, 0.3) is 16.5 Å². The van der Waals surface area contributed by atoms with Crippen molar-refractivity contribution in [3.05, 3.63) is 95.1 Å². The summed E-state index contributed by atoms with van der Waals surface area (Å²) in [5.74, 6) is -0.0398. The van der Waals surface area contributed by atoms with Gasteiger partial charge < -0.3 is 0 Å². The van der Waals surface area contributed by atoms with Crippen molar-refractivity contribution in [1.29, 1.82) is 0 Å². The fourth-order valence-electron chi connectivity index (χ4n) is 4.79. The third-order valence-electron chi connectivity index (χ3n) is 6.14. The Labute approximate surface area is 175 Å². The lowest BCUT2D eigenvalue weighted by molar-refractivity contribution is 0.101. The highest BCUT2D eigenvalue weighted by atomic mass is 19.1. The van der Waals surface area contributed by atoms with E-state index in [1.54, 1.807) is 19.1 Å². The number of Topliss-reactive ketones (excluding diaryl/α,β-unsaturated/α-hetero) is 1. The van der Waals surface area contributed by atoms with E-state index < -0.39 is 0 Å². The first-order valence-electron chi connectivity index (χ1n) is 10.5. The van der Waals surface area contributed by atoms with E-state index in [-0.39, 0.29) is 17.5 Å². The van der Waals surface area contributed by atoms with Crippen LogP contribution >= 0.6 is 0 Å². The van der Waals surface area contributed by atoms with E-state index in [2.05, 4.69) is 42.5 Å². The minimum absolute atomic E-state index is 0.0158. The third-order valence-corrected chi connectivity index (χ3v) is 6.14. The SMILES string of the molecule is CC(=O)c1nn(-c2ccc(F)cc2)c2c1CCCC2Cc1cccc2ccccc12. The summed E-state index contributed by atoms with van der Waals surface area (Å²) in [5.41, 5.74) is 4.82. The van der Waals surface area contributed by atoms with Crippen LogP contribution in [0.4, 0.5) is 4.39 Å². The lowest BCUT2D eigenvalue weighted by Gasteiger charge is -2.25. The van der Waals surface area contributed by atoms with Crippen molar-refractivity contribution < 1.29 is 9.18 Å². The fraction of sp³-hybridized carbons (Fsp3) is 0.231. The largest absolute Gasteiger partial charge is 0.293 e. The molecule has 0 fully saturated rings. The number of fused-ring (bicyclic) bond motifs is 2. The Morgan fingerprint density at radius 2 is 1.83 bits per heavy atom. The summed E-state index contributed by atoms with van der Waals surface area (Å²) in [6, 6.07) is 21.3. The first-order chi connectivity index (χ1) is 14.6. The minimum atomic E-state index is -0.279. The molecule has 4 heteroatoms. The zero-order valence-corrected chi connectivity index (χ0v) is 16.9. The molecule has 3 nitrogen and oxygen atoms in total. The average molecular weight is 398 g/mol. The van der Waals surface area contributed by atoms with Gasteiger partial charge in [-0.25, -0.2) is 9.07 Å². The van der Waals surface area contributed by atoms with Crippen LogP contribution in [-0.4, -0.2) is 15.6 Å². The highest BCUT2D eigenvalue weighted by Crippen LogP contribution is 2.38. The second kappa shape index (κ2) is 7.52. The Kier molecular flexibility index (Phi) is 4.70. The molecule has 0 saturated carbocycles. The second-order valence-corrected chi connectivity index (χ2v) is 8.09. The van der Waals surface area contributed by atoms with Crippen LogP contribution in [0.5, 0.6) is 0 Å². The van der Waals surface area contributed by atoms with Crippen molar-refractivity contribution in [2.45, 2.75) is 38.5 Å². The number of nitrogens with zero attached hydrogens (tertiary/aromatic N) is 2. The van der Waals surface area contributed by atoms with Crippen molar-refractivity contribution >= 4 is 16.6 Å². The van der Waals surface area contributed by atoms with Gasteiger partial charge in [0.1, 0.15) is 11.5 Å². The van der Waals surface area contributed by atoms with Gasteiger partial charge in [-0.2, -0.15) is 5.10 Å². The standard InChI is InChI=1S/C26H23FN2O/c1-17(30)25-24-11-5-9-20(16-19-8-4-7-18-6-2-3-10-23(18)19)26(24)29(28-25)22-14-12-21(27)13-15-22/h2-4,6-8,10,12-15,20H,5,9,11,16H2,1H3. The molecule has 150 valence electrons. The molecule has 1 aromatic heterocycles. The molecule has 0 saturated heterocycles.